The quantitative estimate of drug-likeness (QED) is 0.336. The number of carbonyl (C=O) groups excluding carboxylic acids is 1. The summed E-state index contributed by atoms with van der Waals surface area (Å²) < 4.78 is 8.72. The largest absolute Gasteiger partial charge is 0.465 e. The van der Waals surface area contributed by atoms with Crippen LogP contribution >= 0.6 is 0 Å². The molecular formula is C25H28N4O3. The number of nitrogens with zero attached hydrogens (tertiary/aromatic N) is 3. The second-order valence-electron chi connectivity index (χ2n) is 7.81. The number of nitrogens with two attached hydrogens (primary N) is 1. The number of aryl methyl sites for hydroxylation is 2. The summed E-state index contributed by atoms with van der Waals surface area (Å²) in [5.41, 5.74) is 9.48. The number of ether oxygens (including phenoxy) is 1. The number of unbranched alkanes of at least 4 members (excludes halogenated alkanes) is 2. The number of aromatic nitrogens is 3. The van der Waals surface area contributed by atoms with E-state index in [2.05, 4.69) is 17.6 Å². The summed E-state index contributed by atoms with van der Waals surface area (Å²) >= 11 is 0. The second kappa shape index (κ2) is 9.36. The number of benzene rings is 2. The molecule has 4 rings (SSSR count). The highest BCUT2D eigenvalue weighted by molar-refractivity contribution is 5.97. The van der Waals surface area contributed by atoms with E-state index in [1.807, 2.05) is 24.4 Å². The summed E-state index contributed by atoms with van der Waals surface area (Å²) in [5, 5.41) is 0.999. The lowest BCUT2D eigenvalue weighted by Crippen LogP contribution is -2.24. The third-order valence-corrected chi connectivity index (χ3v) is 5.84. The molecule has 0 saturated heterocycles. The van der Waals surface area contributed by atoms with Crippen molar-refractivity contribution in [1.29, 1.82) is 0 Å². The number of fused-ring (bicyclic) bond motifs is 2. The van der Waals surface area contributed by atoms with Crippen LogP contribution in [0.3, 0.4) is 0 Å². The van der Waals surface area contributed by atoms with Crippen LogP contribution in [0.5, 0.6) is 0 Å². The molecule has 2 aromatic carbocycles. The first-order chi connectivity index (χ1) is 15.6. The molecule has 0 unspecified atom stereocenters. The van der Waals surface area contributed by atoms with Crippen LogP contribution in [0.1, 0.15) is 36.5 Å². The highest BCUT2D eigenvalue weighted by Gasteiger charge is 2.18. The van der Waals surface area contributed by atoms with E-state index in [0.717, 1.165) is 42.3 Å². The molecule has 0 spiro atoms. The van der Waals surface area contributed by atoms with Crippen LogP contribution < -0.4 is 11.3 Å². The third kappa shape index (κ3) is 3.91. The topological polar surface area (TPSA) is 92.1 Å². The van der Waals surface area contributed by atoms with Gasteiger partial charge in [0, 0.05) is 35.8 Å². The van der Waals surface area contributed by atoms with E-state index in [4.69, 9.17) is 15.5 Å². The van der Waals surface area contributed by atoms with Crippen LogP contribution in [0.2, 0.25) is 0 Å². The van der Waals surface area contributed by atoms with E-state index in [1.165, 1.54) is 7.11 Å². The van der Waals surface area contributed by atoms with Gasteiger partial charge in [-0.15, -0.1) is 0 Å². The van der Waals surface area contributed by atoms with Crippen molar-refractivity contribution in [2.24, 2.45) is 5.73 Å². The normalized spacial score (nSPS) is 11.3. The molecule has 7 heteroatoms. The van der Waals surface area contributed by atoms with Crippen LogP contribution in [-0.4, -0.2) is 33.7 Å². The molecule has 0 saturated carbocycles. The molecule has 7 nitrogen and oxygen atoms in total. The second-order valence-corrected chi connectivity index (χ2v) is 7.81. The number of methoxy groups -OCH3 is 1. The van der Waals surface area contributed by atoms with Gasteiger partial charge in [0.1, 0.15) is 5.69 Å². The van der Waals surface area contributed by atoms with E-state index >= 15 is 0 Å². The zero-order chi connectivity index (χ0) is 22.7. The van der Waals surface area contributed by atoms with Crippen LogP contribution in [0.4, 0.5) is 0 Å². The molecule has 0 aliphatic carbocycles. The van der Waals surface area contributed by atoms with Gasteiger partial charge in [-0.2, -0.15) is 0 Å². The average molecular weight is 433 g/mol. The Morgan fingerprint density at radius 2 is 1.91 bits per heavy atom. The van der Waals surface area contributed by atoms with E-state index in [1.54, 1.807) is 22.8 Å². The zero-order valence-electron chi connectivity index (χ0n) is 18.5. The third-order valence-electron chi connectivity index (χ3n) is 5.84. The van der Waals surface area contributed by atoms with E-state index in [0.29, 0.717) is 35.4 Å². The molecule has 0 aliphatic heterocycles. The summed E-state index contributed by atoms with van der Waals surface area (Å²) in [6.45, 7) is 4.03. The molecule has 0 bridgehead atoms. The first-order valence-electron chi connectivity index (χ1n) is 11.0. The van der Waals surface area contributed by atoms with Crippen molar-refractivity contribution in [2.75, 3.05) is 13.7 Å². The first kappa shape index (κ1) is 21.8. The van der Waals surface area contributed by atoms with Gasteiger partial charge in [-0.1, -0.05) is 24.6 Å². The summed E-state index contributed by atoms with van der Waals surface area (Å²) in [4.78, 5) is 30.5. The minimum absolute atomic E-state index is 0.161. The van der Waals surface area contributed by atoms with Crippen LogP contribution in [0, 0.1) is 0 Å². The summed E-state index contributed by atoms with van der Waals surface area (Å²) in [6.07, 6.45) is 4.65. The van der Waals surface area contributed by atoms with Crippen LogP contribution in [0.25, 0.3) is 33.2 Å². The van der Waals surface area contributed by atoms with Crippen molar-refractivity contribution in [3.63, 3.8) is 0 Å². The SMILES string of the molecule is CCn1cc(-c2nc3ccc(C(=O)OC)cc3n(CCCCCN)c2=O)c2ccccc21. The number of hydrogen-bond acceptors (Lipinski definition) is 5. The Labute approximate surface area is 186 Å². The Balaban J connectivity index is 1.94. The molecule has 4 aromatic rings. The van der Waals surface area contributed by atoms with Gasteiger partial charge in [-0.25, -0.2) is 9.78 Å². The maximum atomic E-state index is 13.7. The zero-order valence-corrected chi connectivity index (χ0v) is 18.5. The van der Waals surface area contributed by atoms with Crippen molar-refractivity contribution >= 4 is 27.9 Å². The molecule has 0 fully saturated rings. The minimum atomic E-state index is -0.441. The predicted molar refractivity (Wildman–Crippen MR) is 127 cm³/mol. The lowest BCUT2D eigenvalue weighted by Gasteiger charge is -2.13. The van der Waals surface area contributed by atoms with Crippen molar-refractivity contribution < 1.29 is 9.53 Å². The van der Waals surface area contributed by atoms with Crippen molar-refractivity contribution in [2.45, 2.75) is 39.3 Å². The lowest BCUT2D eigenvalue weighted by molar-refractivity contribution is 0.0601. The van der Waals surface area contributed by atoms with Gasteiger partial charge in [0.05, 0.1) is 23.7 Å². The van der Waals surface area contributed by atoms with Gasteiger partial charge in [0.15, 0.2) is 0 Å². The monoisotopic (exact) mass is 432 g/mol. The molecule has 0 aliphatic rings. The van der Waals surface area contributed by atoms with E-state index < -0.39 is 5.97 Å². The lowest BCUT2D eigenvalue weighted by atomic mass is 10.1. The highest BCUT2D eigenvalue weighted by atomic mass is 16.5. The van der Waals surface area contributed by atoms with Gasteiger partial charge < -0.3 is 19.6 Å². The van der Waals surface area contributed by atoms with Crippen molar-refractivity contribution in [3.8, 4) is 11.3 Å². The maximum absolute atomic E-state index is 13.7. The van der Waals surface area contributed by atoms with Gasteiger partial charge in [0.25, 0.3) is 5.56 Å². The average Bonchev–Trinajstić information content (AvgIpc) is 3.20. The predicted octanol–water partition coefficient (Wildman–Crippen LogP) is 3.95. The fraction of sp³-hybridized carbons (Fsp3) is 0.320. The number of para-hydroxylation sites is 1. The Kier molecular flexibility index (Phi) is 6.37. The Morgan fingerprint density at radius 3 is 2.66 bits per heavy atom. The molecule has 2 N–H and O–H groups in total. The molecule has 0 amide bonds. The van der Waals surface area contributed by atoms with Crippen LogP contribution in [-0.2, 0) is 17.8 Å². The molecule has 2 heterocycles. The molecule has 0 radical (unpaired) electrons. The van der Waals surface area contributed by atoms with Gasteiger partial charge >= 0.3 is 5.97 Å². The number of carbonyl (C=O) groups is 1. The molecular weight excluding hydrogens is 404 g/mol. The summed E-state index contributed by atoms with van der Waals surface area (Å²) in [6, 6.07) is 13.2. The van der Waals surface area contributed by atoms with E-state index in [9.17, 15) is 9.59 Å². The standard InChI is InChI=1S/C25H28N4O3/c1-3-28-16-19(18-9-5-6-10-21(18)28)23-24(30)29(14-8-4-7-13-26)22-15-17(25(31)32-2)11-12-20(22)27-23/h5-6,9-12,15-16H,3-4,7-8,13-14,26H2,1-2H3. The maximum Gasteiger partial charge on any atom is 0.337 e. The number of hydrogen-bond donors (Lipinski definition) is 1. The van der Waals surface area contributed by atoms with Gasteiger partial charge in [-0.05, 0) is 50.6 Å². The minimum Gasteiger partial charge on any atom is -0.465 e. The van der Waals surface area contributed by atoms with Crippen LogP contribution in [0.15, 0.2) is 53.5 Å². The summed E-state index contributed by atoms with van der Waals surface area (Å²) in [7, 11) is 1.34. The molecule has 166 valence electrons. The Morgan fingerprint density at radius 1 is 1.09 bits per heavy atom. The van der Waals surface area contributed by atoms with E-state index in [-0.39, 0.29) is 5.56 Å². The molecule has 0 atom stereocenters. The number of esters is 1. The van der Waals surface area contributed by atoms with Crippen molar-refractivity contribution in [3.05, 3.63) is 64.6 Å². The van der Waals surface area contributed by atoms with Gasteiger partial charge in [0.2, 0.25) is 0 Å². The summed E-state index contributed by atoms with van der Waals surface area (Å²) in [5.74, 6) is -0.441. The fourth-order valence-electron chi connectivity index (χ4n) is 4.17. The molecule has 32 heavy (non-hydrogen) atoms. The first-order valence-corrected chi connectivity index (χ1v) is 11.0. The number of rotatable bonds is 8. The van der Waals surface area contributed by atoms with Gasteiger partial charge in [-0.3, -0.25) is 4.79 Å². The van der Waals surface area contributed by atoms with Crippen molar-refractivity contribution in [1.82, 2.24) is 14.1 Å². The fourth-order valence-corrected chi connectivity index (χ4v) is 4.17. The smallest absolute Gasteiger partial charge is 0.337 e. The highest BCUT2D eigenvalue weighted by Crippen LogP contribution is 2.29. The molecule has 2 aromatic heterocycles. The Hall–Kier alpha value is -3.45. The Bertz CT molecular complexity index is 1340.